The fourth-order valence-corrected chi connectivity index (χ4v) is 1.92. The zero-order valence-electron chi connectivity index (χ0n) is 11.2. The van der Waals surface area contributed by atoms with Crippen LogP contribution in [0, 0.1) is 12.7 Å². The molecule has 4 heteroatoms. The molecular formula is C16H16FNO2. The Hall–Kier alpha value is -2.20. The lowest BCUT2D eigenvalue weighted by molar-refractivity contribution is 0.100. The number of hydrogen-bond acceptors (Lipinski definition) is 3. The number of Topliss-reactive ketones (excluding diaryl/α,β-unsaturated/α-hetero) is 1. The average Bonchev–Trinajstić information content (AvgIpc) is 2.46. The van der Waals surface area contributed by atoms with Crippen molar-refractivity contribution < 1.29 is 13.9 Å². The normalized spacial score (nSPS) is 10.3. The van der Waals surface area contributed by atoms with E-state index in [9.17, 15) is 9.18 Å². The Kier molecular flexibility index (Phi) is 4.48. The molecule has 0 saturated carbocycles. The third-order valence-corrected chi connectivity index (χ3v) is 2.96. The highest BCUT2D eigenvalue weighted by Gasteiger charge is 2.13. The molecule has 2 aromatic rings. The van der Waals surface area contributed by atoms with Crippen molar-refractivity contribution in [1.29, 1.82) is 0 Å². The van der Waals surface area contributed by atoms with E-state index in [2.05, 4.69) is 0 Å². The van der Waals surface area contributed by atoms with E-state index < -0.39 is 5.82 Å². The van der Waals surface area contributed by atoms with Gasteiger partial charge in [-0.1, -0.05) is 30.3 Å². The second-order valence-corrected chi connectivity index (χ2v) is 4.51. The summed E-state index contributed by atoms with van der Waals surface area (Å²) in [4.78, 5) is 11.5. The molecule has 0 heterocycles. The predicted molar refractivity (Wildman–Crippen MR) is 75.3 cm³/mol. The van der Waals surface area contributed by atoms with Crippen LogP contribution in [0.1, 0.15) is 21.5 Å². The van der Waals surface area contributed by atoms with E-state index in [0.717, 1.165) is 5.56 Å². The first-order chi connectivity index (χ1) is 9.61. The molecule has 0 bridgehead atoms. The number of rotatable bonds is 5. The first-order valence-electron chi connectivity index (χ1n) is 6.32. The van der Waals surface area contributed by atoms with Gasteiger partial charge in [0.2, 0.25) is 0 Å². The van der Waals surface area contributed by atoms with Crippen molar-refractivity contribution in [3.05, 3.63) is 65.0 Å². The maximum Gasteiger partial charge on any atom is 0.176 e. The molecule has 0 radical (unpaired) electrons. The summed E-state index contributed by atoms with van der Waals surface area (Å²) < 4.78 is 19.5. The van der Waals surface area contributed by atoms with Crippen LogP contribution in [0.5, 0.6) is 5.75 Å². The molecule has 0 aliphatic carbocycles. The molecule has 0 aliphatic heterocycles. The fourth-order valence-electron chi connectivity index (χ4n) is 1.92. The maximum absolute atomic E-state index is 14.0. The molecule has 2 rings (SSSR count). The van der Waals surface area contributed by atoms with Crippen LogP contribution in [0.4, 0.5) is 4.39 Å². The van der Waals surface area contributed by atoms with E-state index in [1.54, 1.807) is 13.0 Å². The highest BCUT2D eigenvalue weighted by atomic mass is 19.1. The third kappa shape index (κ3) is 3.22. The first kappa shape index (κ1) is 14.2. The molecule has 0 saturated heterocycles. The van der Waals surface area contributed by atoms with E-state index >= 15 is 0 Å². The Morgan fingerprint density at radius 3 is 2.55 bits per heavy atom. The van der Waals surface area contributed by atoms with E-state index in [-0.39, 0.29) is 30.2 Å². The molecule has 2 aromatic carbocycles. The van der Waals surface area contributed by atoms with Gasteiger partial charge in [0.1, 0.15) is 6.61 Å². The monoisotopic (exact) mass is 273 g/mol. The topological polar surface area (TPSA) is 52.3 Å². The number of aryl methyl sites for hydroxylation is 1. The van der Waals surface area contributed by atoms with Crippen molar-refractivity contribution >= 4 is 5.78 Å². The lowest BCUT2D eigenvalue weighted by atomic mass is 10.1. The summed E-state index contributed by atoms with van der Waals surface area (Å²) in [6.45, 7) is 1.85. The Bertz CT molecular complexity index is 588. The fraction of sp³-hybridized carbons (Fsp3) is 0.188. The standard InChI is InChI=1S/C16H16FNO2/c1-11-7-13(15(19)9-18)8-14(17)16(11)20-10-12-5-3-2-4-6-12/h2-8H,9-10,18H2,1H3. The highest BCUT2D eigenvalue weighted by molar-refractivity contribution is 5.97. The minimum Gasteiger partial charge on any atom is -0.486 e. The molecule has 0 aliphatic rings. The molecule has 20 heavy (non-hydrogen) atoms. The summed E-state index contributed by atoms with van der Waals surface area (Å²) in [7, 11) is 0. The van der Waals surface area contributed by atoms with Crippen LogP contribution in [0.2, 0.25) is 0 Å². The first-order valence-corrected chi connectivity index (χ1v) is 6.32. The van der Waals surface area contributed by atoms with E-state index in [1.807, 2.05) is 30.3 Å². The predicted octanol–water partition coefficient (Wildman–Crippen LogP) is 2.85. The van der Waals surface area contributed by atoms with Gasteiger partial charge in [-0.15, -0.1) is 0 Å². The smallest absolute Gasteiger partial charge is 0.176 e. The number of benzene rings is 2. The summed E-state index contributed by atoms with van der Waals surface area (Å²) in [6.07, 6.45) is 0. The Labute approximate surface area is 117 Å². The van der Waals surface area contributed by atoms with Crippen LogP contribution in [0.25, 0.3) is 0 Å². The largest absolute Gasteiger partial charge is 0.486 e. The van der Waals surface area contributed by atoms with E-state index in [0.29, 0.717) is 5.56 Å². The van der Waals surface area contributed by atoms with Gasteiger partial charge in [0.05, 0.1) is 6.54 Å². The molecular weight excluding hydrogens is 257 g/mol. The molecule has 104 valence electrons. The average molecular weight is 273 g/mol. The zero-order valence-corrected chi connectivity index (χ0v) is 11.2. The molecule has 0 fully saturated rings. The summed E-state index contributed by atoms with van der Waals surface area (Å²) in [5.74, 6) is -0.665. The van der Waals surface area contributed by atoms with Crippen LogP contribution in [0.3, 0.4) is 0 Å². The van der Waals surface area contributed by atoms with Gasteiger partial charge in [-0.3, -0.25) is 4.79 Å². The number of hydrogen-bond donors (Lipinski definition) is 1. The number of carbonyl (C=O) groups is 1. The second kappa shape index (κ2) is 6.30. The van der Waals surface area contributed by atoms with Crippen molar-refractivity contribution in [1.82, 2.24) is 0 Å². The van der Waals surface area contributed by atoms with Crippen LogP contribution < -0.4 is 10.5 Å². The molecule has 0 amide bonds. The molecule has 2 N–H and O–H groups in total. The Balaban J connectivity index is 2.18. The summed E-state index contributed by atoms with van der Waals surface area (Å²) in [5, 5.41) is 0. The van der Waals surface area contributed by atoms with Gasteiger partial charge in [-0.05, 0) is 30.2 Å². The summed E-state index contributed by atoms with van der Waals surface area (Å²) in [5.41, 5.74) is 7.08. The van der Waals surface area contributed by atoms with Crippen molar-refractivity contribution in [2.24, 2.45) is 5.73 Å². The Morgan fingerprint density at radius 1 is 1.25 bits per heavy atom. The third-order valence-electron chi connectivity index (χ3n) is 2.96. The Morgan fingerprint density at radius 2 is 1.95 bits per heavy atom. The minimum atomic E-state index is -0.544. The second-order valence-electron chi connectivity index (χ2n) is 4.51. The van der Waals surface area contributed by atoms with E-state index in [4.69, 9.17) is 10.5 Å². The molecule has 0 spiro atoms. The lowest BCUT2D eigenvalue weighted by Crippen LogP contribution is -2.14. The van der Waals surface area contributed by atoms with Crippen molar-refractivity contribution in [2.75, 3.05) is 6.54 Å². The number of ether oxygens (including phenoxy) is 1. The lowest BCUT2D eigenvalue weighted by Gasteiger charge is -2.11. The van der Waals surface area contributed by atoms with Gasteiger partial charge in [0, 0.05) is 5.56 Å². The summed E-state index contributed by atoms with van der Waals surface area (Å²) >= 11 is 0. The van der Waals surface area contributed by atoms with Gasteiger partial charge in [0.25, 0.3) is 0 Å². The molecule has 0 aromatic heterocycles. The van der Waals surface area contributed by atoms with Gasteiger partial charge in [-0.25, -0.2) is 4.39 Å². The number of halogens is 1. The van der Waals surface area contributed by atoms with Crippen LogP contribution in [-0.4, -0.2) is 12.3 Å². The molecule has 0 atom stereocenters. The molecule has 0 unspecified atom stereocenters. The van der Waals surface area contributed by atoms with Crippen LogP contribution >= 0.6 is 0 Å². The highest BCUT2D eigenvalue weighted by Crippen LogP contribution is 2.25. The van der Waals surface area contributed by atoms with Crippen molar-refractivity contribution in [3.63, 3.8) is 0 Å². The number of nitrogens with two attached hydrogens (primary N) is 1. The zero-order chi connectivity index (χ0) is 14.5. The summed E-state index contributed by atoms with van der Waals surface area (Å²) in [6, 6.07) is 12.3. The minimum absolute atomic E-state index is 0.136. The van der Waals surface area contributed by atoms with Gasteiger partial charge < -0.3 is 10.5 Å². The van der Waals surface area contributed by atoms with Crippen molar-refractivity contribution in [2.45, 2.75) is 13.5 Å². The number of ketones is 1. The van der Waals surface area contributed by atoms with Crippen LogP contribution in [-0.2, 0) is 6.61 Å². The van der Waals surface area contributed by atoms with Gasteiger partial charge in [0.15, 0.2) is 17.3 Å². The van der Waals surface area contributed by atoms with Crippen LogP contribution in [0.15, 0.2) is 42.5 Å². The maximum atomic E-state index is 14.0. The molecule has 3 nitrogen and oxygen atoms in total. The van der Waals surface area contributed by atoms with Gasteiger partial charge >= 0.3 is 0 Å². The van der Waals surface area contributed by atoms with E-state index in [1.165, 1.54) is 6.07 Å². The van der Waals surface area contributed by atoms with Crippen molar-refractivity contribution in [3.8, 4) is 5.75 Å². The van der Waals surface area contributed by atoms with Gasteiger partial charge in [-0.2, -0.15) is 0 Å². The quantitative estimate of drug-likeness (QED) is 0.852. The number of carbonyl (C=O) groups excluding carboxylic acids is 1. The SMILES string of the molecule is Cc1cc(C(=O)CN)cc(F)c1OCc1ccccc1.